The van der Waals surface area contributed by atoms with Crippen molar-refractivity contribution in [3.05, 3.63) is 84.1 Å². The average molecular weight is 562 g/mol. The average Bonchev–Trinajstić information content (AvgIpc) is 3.63. The molecule has 214 valence electrons. The van der Waals surface area contributed by atoms with Gasteiger partial charge in [-0.25, -0.2) is 9.78 Å². The number of para-hydroxylation sites is 1. The number of rotatable bonds is 13. The minimum atomic E-state index is -1.31. The quantitative estimate of drug-likeness (QED) is 0.112. The number of nitrogens with one attached hydrogen (secondary N) is 5. The van der Waals surface area contributed by atoms with Crippen molar-refractivity contribution in [3.63, 3.8) is 0 Å². The zero-order valence-corrected chi connectivity index (χ0v) is 22.0. The normalized spacial score (nSPS) is 13.2. The first-order valence-corrected chi connectivity index (χ1v) is 12.9. The van der Waals surface area contributed by atoms with Gasteiger partial charge in [0.15, 0.2) is 0 Å². The zero-order valence-electron chi connectivity index (χ0n) is 22.0. The summed E-state index contributed by atoms with van der Waals surface area (Å²) in [6.07, 6.45) is 4.68. The van der Waals surface area contributed by atoms with Gasteiger partial charge in [-0.2, -0.15) is 0 Å². The number of amides is 3. The fourth-order valence-electron chi connectivity index (χ4n) is 4.42. The highest BCUT2D eigenvalue weighted by atomic mass is 16.4. The Kier molecular flexibility index (Phi) is 9.32. The maximum Gasteiger partial charge on any atom is 0.326 e. The number of nitrogens with two attached hydrogens (primary N) is 1. The molecule has 0 aliphatic rings. The number of aliphatic carboxylic acids is 1. The van der Waals surface area contributed by atoms with Gasteiger partial charge < -0.3 is 41.9 Å². The Morgan fingerprint density at radius 3 is 2.20 bits per heavy atom. The lowest BCUT2D eigenvalue weighted by Crippen LogP contribution is -2.57. The van der Waals surface area contributed by atoms with Crippen molar-refractivity contribution >= 4 is 34.6 Å². The standard InChI is InChI=1S/C28H31N7O6/c29-12-25(37)33-22(10-17-13-31-21-4-2-1-3-20(17)21)26(38)34-23(11-18-14-30-15-32-18)27(39)35-24(28(40)41)9-16-5-7-19(36)8-6-16/h1-8,13-15,22-24,31,36H,9-12,29H2,(H,30,32)(H,33,37)(H,34,38)(H,35,39)(H,40,41). The fourth-order valence-corrected chi connectivity index (χ4v) is 4.42. The van der Waals surface area contributed by atoms with E-state index in [1.54, 1.807) is 18.3 Å². The summed E-state index contributed by atoms with van der Waals surface area (Å²) in [5.74, 6) is -3.20. The van der Waals surface area contributed by atoms with Crippen molar-refractivity contribution in [3.8, 4) is 5.75 Å². The minimum absolute atomic E-state index is 0.0201. The van der Waals surface area contributed by atoms with Crippen molar-refractivity contribution in [1.82, 2.24) is 30.9 Å². The molecule has 4 rings (SSSR count). The highest BCUT2D eigenvalue weighted by Crippen LogP contribution is 2.19. The van der Waals surface area contributed by atoms with Gasteiger partial charge in [-0.05, 0) is 29.3 Å². The van der Waals surface area contributed by atoms with E-state index in [-0.39, 0.29) is 31.6 Å². The summed E-state index contributed by atoms with van der Waals surface area (Å²) in [5, 5.41) is 27.9. The molecule has 0 fully saturated rings. The molecule has 3 atom stereocenters. The van der Waals surface area contributed by atoms with E-state index < -0.39 is 41.8 Å². The van der Waals surface area contributed by atoms with Crippen LogP contribution >= 0.6 is 0 Å². The van der Waals surface area contributed by atoms with Crippen LogP contribution < -0.4 is 21.7 Å². The summed E-state index contributed by atoms with van der Waals surface area (Å²) in [5.41, 5.74) is 8.21. The molecule has 0 saturated heterocycles. The zero-order chi connectivity index (χ0) is 29.4. The number of fused-ring (bicyclic) bond motifs is 1. The first kappa shape index (κ1) is 28.8. The summed E-state index contributed by atoms with van der Waals surface area (Å²) in [6.45, 7) is -0.340. The van der Waals surface area contributed by atoms with Crippen molar-refractivity contribution < 1.29 is 29.4 Å². The molecule has 0 spiro atoms. The van der Waals surface area contributed by atoms with Gasteiger partial charge >= 0.3 is 5.97 Å². The summed E-state index contributed by atoms with van der Waals surface area (Å²) in [7, 11) is 0. The number of carbonyl (C=O) groups is 4. The molecular weight excluding hydrogens is 530 g/mol. The molecule has 0 aliphatic carbocycles. The van der Waals surface area contributed by atoms with Gasteiger partial charge in [-0.3, -0.25) is 14.4 Å². The maximum absolute atomic E-state index is 13.5. The van der Waals surface area contributed by atoms with Gasteiger partial charge in [0, 0.05) is 48.3 Å². The number of aromatic nitrogens is 3. The molecule has 4 aromatic rings. The molecule has 2 aromatic heterocycles. The number of phenolic OH excluding ortho intramolecular Hbond substituents is 1. The molecule has 9 N–H and O–H groups in total. The molecule has 2 aromatic carbocycles. The van der Waals surface area contributed by atoms with Gasteiger partial charge in [0.1, 0.15) is 23.9 Å². The molecule has 3 unspecified atom stereocenters. The van der Waals surface area contributed by atoms with Gasteiger partial charge in [0.25, 0.3) is 0 Å². The number of carboxylic acids is 1. The molecule has 13 nitrogen and oxygen atoms in total. The van der Waals surface area contributed by atoms with Crippen LogP contribution in [0.5, 0.6) is 5.75 Å². The molecule has 2 heterocycles. The number of carboxylic acid groups (broad SMARTS) is 1. The molecule has 0 saturated carbocycles. The van der Waals surface area contributed by atoms with E-state index in [0.717, 1.165) is 16.5 Å². The number of phenols is 1. The van der Waals surface area contributed by atoms with E-state index in [2.05, 4.69) is 30.9 Å². The van der Waals surface area contributed by atoms with Crippen LogP contribution in [0.1, 0.15) is 16.8 Å². The Labute approximate surface area is 234 Å². The third kappa shape index (κ3) is 7.70. The van der Waals surface area contributed by atoms with Crippen LogP contribution in [0.2, 0.25) is 0 Å². The van der Waals surface area contributed by atoms with Crippen molar-refractivity contribution in [2.75, 3.05) is 6.54 Å². The number of nitrogens with zero attached hydrogens (tertiary/aromatic N) is 1. The second kappa shape index (κ2) is 13.3. The number of hydrogen-bond donors (Lipinski definition) is 8. The number of imidazole rings is 1. The molecular formula is C28H31N7O6. The van der Waals surface area contributed by atoms with E-state index in [0.29, 0.717) is 11.3 Å². The van der Waals surface area contributed by atoms with Gasteiger partial charge in [0.05, 0.1) is 12.9 Å². The first-order valence-electron chi connectivity index (χ1n) is 12.9. The molecule has 0 radical (unpaired) electrons. The molecule has 3 amide bonds. The third-order valence-corrected chi connectivity index (χ3v) is 6.54. The topological polar surface area (TPSA) is 215 Å². The number of carbonyl (C=O) groups excluding carboxylic acids is 3. The van der Waals surface area contributed by atoms with Crippen LogP contribution in [0.15, 0.2) is 67.3 Å². The van der Waals surface area contributed by atoms with Crippen LogP contribution in [0.3, 0.4) is 0 Å². The largest absolute Gasteiger partial charge is 0.508 e. The second-order valence-corrected chi connectivity index (χ2v) is 9.50. The van der Waals surface area contributed by atoms with E-state index >= 15 is 0 Å². The number of aromatic amines is 2. The van der Waals surface area contributed by atoms with Crippen LogP contribution in [0.4, 0.5) is 0 Å². The van der Waals surface area contributed by atoms with Crippen molar-refractivity contribution in [2.24, 2.45) is 5.73 Å². The monoisotopic (exact) mass is 561 g/mol. The number of hydrogen-bond acceptors (Lipinski definition) is 7. The summed E-state index contributed by atoms with van der Waals surface area (Å²) >= 11 is 0. The summed E-state index contributed by atoms with van der Waals surface area (Å²) in [4.78, 5) is 61.0. The SMILES string of the molecule is NCC(=O)NC(Cc1c[nH]c2ccccc12)C(=O)NC(Cc1cnc[nH]1)C(=O)NC(Cc1ccc(O)cc1)C(=O)O. The molecule has 41 heavy (non-hydrogen) atoms. The predicted octanol–water partition coefficient (Wildman–Crippen LogP) is 0.122. The van der Waals surface area contributed by atoms with Crippen LogP contribution in [0.25, 0.3) is 10.9 Å². The molecule has 0 bridgehead atoms. The Morgan fingerprint density at radius 2 is 1.54 bits per heavy atom. The highest BCUT2D eigenvalue weighted by Gasteiger charge is 2.30. The van der Waals surface area contributed by atoms with E-state index in [4.69, 9.17) is 5.73 Å². The maximum atomic E-state index is 13.5. The number of aromatic hydroxyl groups is 1. The van der Waals surface area contributed by atoms with Crippen LogP contribution in [-0.2, 0) is 38.4 Å². The van der Waals surface area contributed by atoms with Crippen LogP contribution in [-0.4, -0.2) is 73.5 Å². The lowest BCUT2D eigenvalue weighted by molar-refractivity contribution is -0.142. The lowest BCUT2D eigenvalue weighted by Gasteiger charge is -2.24. The van der Waals surface area contributed by atoms with E-state index in [9.17, 15) is 29.4 Å². The molecule has 13 heteroatoms. The van der Waals surface area contributed by atoms with Gasteiger partial charge in [0.2, 0.25) is 17.7 Å². The first-order chi connectivity index (χ1) is 19.7. The van der Waals surface area contributed by atoms with Gasteiger partial charge in [-0.15, -0.1) is 0 Å². The molecule has 0 aliphatic heterocycles. The summed E-state index contributed by atoms with van der Waals surface area (Å²) in [6, 6.07) is 9.84. The minimum Gasteiger partial charge on any atom is -0.508 e. The second-order valence-electron chi connectivity index (χ2n) is 9.50. The lowest BCUT2D eigenvalue weighted by atomic mass is 10.0. The summed E-state index contributed by atoms with van der Waals surface area (Å²) < 4.78 is 0. The Morgan fingerprint density at radius 1 is 0.854 bits per heavy atom. The highest BCUT2D eigenvalue weighted by molar-refractivity contribution is 5.94. The van der Waals surface area contributed by atoms with Crippen molar-refractivity contribution in [2.45, 2.75) is 37.4 Å². The number of H-pyrrole nitrogens is 2. The van der Waals surface area contributed by atoms with Crippen molar-refractivity contribution in [1.29, 1.82) is 0 Å². The number of benzene rings is 2. The fraction of sp³-hybridized carbons (Fsp3) is 0.250. The predicted molar refractivity (Wildman–Crippen MR) is 149 cm³/mol. The smallest absolute Gasteiger partial charge is 0.326 e. The Hall–Kier alpha value is -5.17. The third-order valence-electron chi connectivity index (χ3n) is 6.54. The Bertz CT molecular complexity index is 1500. The van der Waals surface area contributed by atoms with E-state index in [1.807, 2.05) is 24.3 Å². The van der Waals surface area contributed by atoms with Gasteiger partial charge in [-0.1, -0.05) is 30.3 Å². The Balaban J connectivity index is 1.54. The van der Waals surface area contributed by atoms with E-state index in [1.165, 1.54) is 24.7 Å². The van der Waals surface area contributed by atoms with Crippen LogP contribution in [0, 0.1) is 0 Å².